The average Bonchev–Trinajstić information content (AvgIpc) is 2.23. The van der Waals surface area contributed by atoms with Crippen LogP contribution in [0.2, 0.25) is 0 Å². The van der Waals surface area contributed by atoms with E-state index in [1.54, 1.807) is 12.1 Å². The first-order valence-electron chi connectivity index (χ1n) is 4.99. The molecule has 0 saturated heterocycles. The maximum atomic E-state index is 9.35. The summed E-state index contributed by atoms with van der Waals surface area (Å²) in [7, 11) is 0. The fourth-order valence-electron chi connectivity index (χ4n) is 1.82. The molecule has 0 heterocycles. The zero-order valence-corrected chi connectivity index (χ0v) is 8.03. The van der Waals surface area contributed by atoms with Gasteiger partial charge in [-0.2, -0.15) is 0 Å². The molecule has 0 radical (unpaired) electrons. The molecule has 0 aromatic heterocycles. The molecule has 0 fully saturated rings. The summed E-state index contributed by atoms with van der Waals surface area (Å²) in [6.07, 6.45) is 6.89. The molecular formula is C12H14O2. The second kappa shape index (κ2) is 3.74. The molecule has 0 unspecified atom stereocenters. The van der Waals surface area contributed by atoms with Crippen LogP contribution in [0.15, 0.2) is 24.3 Å². The molecule has 2 rings (SSSR count). The fourth-order valence-corrected chi connectivity index (χ4v) is 1.82. The Bertz CT molecular complexity index is 367. The highest BCUT2D eigenvalue weighted by molar-refractivity contribution is 5.68. The Balaban J connectivity index is 2.32. The molecule has 2 heteroatoms. The van der Waals surface area contributed by atoms with E-state index in [1.807, 2.05) is 6.07 Å². The number of phenolic OH excluding ortho intramolecular Hbond substituents is 2. The first kappa shape index (κ1) is 9.13. The molecule has 1 aromatic rings. The van der Waals surface area contributed by atoms with E-state index in [9.17, 15) is 10.2 Å². The summed E-state index contributed by atoms with van der Waals surface area (Å²) in [6, 6.07) is 5.03. The Hall–Kier alpha value is -1.44. The highest BCUT2D eigenvalue weighted by Crippen LogP contribution is 2.32. The van der Waals surface area contributed by atoms with Crippen molar-refractivity contribution in [2.24, 2.45) is 0 Å². The number of hydrogen-bond donors (Lipinski definition) is 2. The number of allylic oxidation sites excluding steroid dienone is 2. The van der Waals surface area contributed by atoms with Gasteiger partial charge in [0.25, 0.3) is 0 Å². The van der Waals surface area contributed by atoms with Crippen LogP contribution >= 0.6 is 0 Å². The van der Waals surface area contributed by atoms with E-state index in [4.69, 9.17) is 0 Å². The summed E-state index contributed by atoms with van der Waals surface area (Å²) < 4.78 is 0. The number of rotatable bonds is 1. The molecule has 0 spiro atoms. The van der Waals surface area contributed by atoms with E-state index < -0.39 is 0 Å². The van der Waals surface area contributed by atoms with Gasteiger partial charge in [-0.05, 0) is 49.0 Å². The zero-order valence-electron chi connectivity index (χ0n) is 8.03. The first-order chi connectivity index (χ1) is 6.77. The molecule has 0 aliphatic heterocycles. The van der Waals surface area contributed by atoms with Crippen molar-refractivity contribution in [1.29, 1.82) is 0 Å². The highest BCUT2D eigenvalue weighted by Gasteiger charge is 2.08. The van der Waals surface area contributed by atoms with Crippen LogP contribution < -0.4 is 0 Å². The van der Waals surface area contributed by atoms with Gasteiger partial charge in [0, 0.05) is 0 Å². The van der Waals surface area contributed by atoms with Crippen molar-refractivity contribution in [2.75, 3.05) is 0 Å². The smallest absolute Gasteiger partial charge is 0.157 e. The van der Waals surface area contributed by atoms with E-state index >= 15 is 0 Å². The molecule has 1 aliphatic rings. The minimum absolute atomic E-state index is 0.0334. The van der Waals surface area contributed by atoms with Crippen molar-refractivity contribution in [3.05, 3.63) is 29.8 Å². The quantitative estimate of drug-likeness (QED) is 0.668. The molecule has 0 amide bonds. The third kappa shape index (κ3) is 1.74. The molecule has 1 aliphatic carbocycles. The van der Waals surface area contributed by atoms with Crippen molar-refractivity contribution in [3.8, 4) is 11.5 Å². The topological polar surface area (TPSA) is 40.5 Å². The minimum atomic E-state index is -0.0508. The van der Waals surface area contributed by atoms with Crippen LogP contribution in [-0.2, 0) is 0 Å². The van der Waals surface area contributed by atoms with Crippen molar-refractivity contribution >= 4 is 5.57 Å². The van der Waals surface area contributed by atoms with Crippen molar-refractivity contribution in [2.45, 2.75) is 25.7 Å². The van der Waals surface area contributed by atoms with Crippen LogP contribution in [0.3, 0.4) is 0 Å². The Morgan fingerprint density at radius 2 is 1.86 bits per heavy atom. The van der Waals surface area contributed by atoms with Gasteiger partial charge in [0.2, 0.25) is 0 Å². The van der Waals surface area contributed by atoms with E-state index in [1.165, 1.54) is 18.4 Å². The second-order valence-corrected chi connectivity index (χ2v) is 3.68. The highest BCUT2D eigenvalue weighted by atomic mass is 16.3. The first-order valence-corrected chi connectivity index (χ1v) is 4.99. The standard InChI is InChI=1S/C12H14O2/c13-11-7-6-10(8-12(11)14)9-4-2-1-3-5-9/h4,6-8,13-14H,1-3,5H2. The van der Waals surface area contributed by atoms with Gasteiger partial charge >= 0.3 is 0 Å². The SMILES string of the molecule is Oc1ccc(C2=CCCCC2)cc1O. The largest absolute Gasteiger partial charge is 0.504 e. The minimum Gasteiger partial charge on any atom is -0.504 e. The third-order valence-corrected chi connectivity index (χ3v) is 2.64. The van der Waals surface area contributed by atoms with Crippen LogP contribution in [0.4, 0.5) is 0 Å². The van der Waals surface area contributed by atoms with Crippen molar-refractivity contribution < 1.29 is 10.2 Å². The molecule has 2 N–H and O–H groups in total. The average molecular weight is 190 g/mol. The molecule has 14 heavy (non-hydrogen) atoms. The van der Waals surface area contributed by atoms with E-state index in [2.05, 4.69) is 6.08 Å². The van der Waals surface area contributed by atoms with Gasteiger partial charge in [-0.25, -0.2) is 0 Å². The predicted octanol–water partition coefficient (Wildman–Crippen LogP) is 3.06. The lowest BCUT2D eigenvalue weighted by atomic mass is 9.93. The maximum absolute atomic E-state index is 9.35. The third-order valence-electron chi connectivity index (χ3n) is 2.64. The van der Waals surface area contributed by atoms with Crippen LogP contribution in [0.1, 0.15) is 31.2 Å². The molecule has 0 saturated carbocycles. The zero-order chi connectivity index (χ0) is 9.97. The van der Waals surface area contributed by atoms with Gasteiger partial charge in [-0.1, -0.05) is 12.1 Å². The molecule has 74 valence electrons. The van der Waals surface area contributed by atoms with Crippen LogP contribution in [0.25, 0.3) is 5.57 Å². The van der Waals surface area contributed by atoms with Gasteiger partial charge in [-0.15, -0.1) is 0 Å². The van der Waals surface area contributed by atoms with Crippen LogP contribution in [-0.4, -0.2) is 10.2 Å². The molecule has 2 nitrogen and oxygen atoms in total. The Morgan fingerprint density at radius 1 is 1.00 bits per heavy atom. The van der Waals surface area contributed by atoms with Gasteiger partial charge in [0.1, 0.15) is 0 Å². The fraction of sp³-hybridized carbons (Fsp3) is 0.333. The maximum Gasteiger partial charge on any atom is 0.157 e. The van der Waals surface area contributed by atoms with Gasteiger partial charge in [0.05, 0.1) is 0 Å². The predicted molar refractivity (Wildman–Crippen MR) is 56.2 cm³/mol. The number of aromatic hydroxyl groups is 2. The molecule has 0 bridgehead atoms. The lowest BCUT2D eigenvalue weighted by Crippen LogP contribution is -1.91. The van der Waals surface area contributed by atoms with Crippen LogP contribution in [0.5, 0.6) is 11.5 Å². The number of phenols is 2. The van der Waals surface area contributed by atoms with E-state index in [0.717, 1.165) is 18.4 Å². The number of hydrogen-bond acceptors (Lipinski definition) is 2. The van der Waals surface area contributed by atoms with Gasteiger partial charge < -0.3 is 10.2 Å². The summed E-state index contributed by atoms with van der Waals surface area (Å²) in [6.45, 7) is 0. The normalized spacial score (nSPS) is 16.4. The summed E-state index contributed by atoms with van der Waals surface area (Å²) in [5, 5.41) is 18.5. The molecule has 1 aromatic carbocycles. The Kier molecular flexibility index (Phi) is 2.44. The van der Waals surface area contributed by atoms with Crippen molar-refractivity contribution in [3.63, 3.8) is 0 Å². The van der Waals surface area contributed by atoms with Crippen molar-refractivity contribution in [1.82, 2.24) is 0 Å². The summed E-state index contributed by atoms with van der Waals surface area (Å²) in [5.41, 5.74) is 2.31. The second-order valence-electron chi connectivity index (χ2n) is 3.68. The lowest BCUT2D eigenvalue weighted by Gasteiger charge is -2.13. The summed E-state index contributed by atoms with van der Waals surface area (Å²) in [5.74, 6) is -0.0841. The lowest BCUT2D eigenvalue weighted by molar-refractivity contribution is 0.403. The molecular weight excluding hydrogens is 176 g/mol. The summed E-state index contributed by atoms with van der Waals surface area (Å²) in [4.78, 5) is 0. The Morgan fingerprint density at radius 3 is 2.50 bits per heavy atom. The van der Waals surface area contributed by atoms with Gasteiger partial charge in [-0.3, -0.25) is 0 Å². The summed E-state index contributed by atoms with van der Waals surface area (Å²) >= 11 is 0. The van der Waals surface area contributed by atoms with Crippen LogP contribution in [0, 0.1) is 0 Å². The monoisotopic (exact) mass is 190 g/mol. The van der Waals surface area contributed by atoms with Gasteiger partial charge in [0.15, 0.2) is 11.5 Å². The number of benzene rings is 1. The molecule has 0 atom stereocenters. The van der Waals surface area contributed by atoms with E-state index in [-0.39, 0.29) is 11.5 Å². The Labute approximate surface area is 83.5 Å². The van der Waals surface area contributed by atoms with E-state index in [0.29, 0.717) is 0 Å².